The lowest BCUT2D eigenvalue weighted by molar-refractivity contribution is 0.174. The molecule has 170 valence electrons. The quantitative estimate of drug-likeness (QED) is 0.565. The zero-order valence-electron chi connectivity index (χ0n) is 18.9. The van der Waals surface area contributed by atoms with Crippen molar-refractivity contribution in [2.75, 3.05) is 20.2 Å². The molecule has 0 radical (unpaired) electrons. The molecule has 0 saturated carbocycles. The third-order valence-corrected chi connectivity index (χ3v) is 7.76. The fourth-order valence-corrected chi connectivity index (χ4v) is 5.70. The molecule has 0 spiro atoms. The molecule has 6 nitrogen and oxygen atoms in total. The molecule has 0 amide bonds. The zero-order chi connectivity index (χ0) is 22.7. The van der Waals surface area contributed by atoms with Crippen molar-refractivity contribution < 1.29 is 13.2 Å². The van der Waals surface area contributed by atoms with Crippen molar-refractivity contribution in [3.05, 3.63) is 83.2 Å². The van der Waals surface area contributed by atoms with E-state index in [0.29, 0.717) is 5.75 Å². The van der Waals surface area contributed by atoms with Crippen LogP contribution in [-0.2, 0) is 36.5 Å². The summed E-state index contributed by atoms with van der Waals surface area (Å²) in [5.41, 5.74) is 4.72. The molecule has 32 heavy (non-hydrogen) atoms. The molecule has 0 fully saturated rings. The van der Waals surface area contributed by atoms with Crippen LogP contribution in [0.1, 0.15) is 35.3 Å². The minimum Gasteiger partial charge on any atom is -0.495 e. The summed E-state index contributed by atoms with van der Waals surface area (Å²) in [7, 11) is -0.244. The highest BCUT2D eigenvalue weighted by Crippen LogP contribution is 2.29. The van der Waals surface area contributed by atoms with Crippen LogP contribution in [-0.4, -0.2) is 38.1 Å². The number of nitrogens with zero attached hydrogens (tertiary/aromatic N) is 2. The van der Waals surface area contributed by atoms with Gasteiger partial charge in [0, 0.05) is 38.6 Å². The maximum absolute atomic E-state index is 13.3. The SMILES string of the molecule is CCc1ccc(OC)c(S(=O)(=O)NCC(c2cccn2C)N2CCc3ccccc3C2)c1. The van der Waals surface area contributed by atoms with Gasteiger partial charge in [-0.15, -0.1) is 0 Å². The number of nitrogens with one attached hydrogen (secondary N) is 1. The van der Waals surface area contributed by atoms with Gasteiger partial charge >= 0.3 is 0 Å². The Morgan fingerprint density at radius 3 is 2.56 bits per heavy atom. The highest BCUT2D eigenvalue weighted by Gasteiger charge is 2.29. The Morgan fingerprint density at radius 1 is 1.09 bits per heavy atom. The van der Waals surface area contributed by atoms with Crippen molar-refractivity contribution >= 4 is 10.0 Å². The Bertz CT molecular complexity index is 1190. The van der Waals surface area contributed by atoms with Crippen LogP contribution < -0.4 is 9.46 Å². The number of aryl methyl sites for hydroxylation is 2. The first-order valence-corrected chi connectivity index (χ1v) is 12.5. The van der Waals surface area contributed by atoms with Crippen LogP contribution in [0.2, 0.25) is 0 Å². The number of fused-ring (bicyclic) bond motifs is 1. The molecule has 1 aliphatic rings. The van der Waals surface area contributed by atoms with Crippen molar-refractivity contribution in [3.63, 3.8) is 0 Å². The standard InChI is InChI=1S/C25H31N3O3S/c1-4-19-11-12-24(31-3)25(16-19)32(29,30)26-17-23(22-10-7-14-27(22)2)28-15-13-20-8-5-6-9-21(20)18-28/h5-12,14,16,23,26H,4,13,15,17-18H2,1-3H3. The van der Waals surface area contributed by atoms with Gasteiger partial charge in [0.2, 0.25) is 10.0 Å². The normalized spacial score (nSPS) is 15.3. The molecule has 1 aliphatic heterocycles. The van der Waals surface area contributed by atoms with Gasteiger partial charge < -0.3 is 9.30 Å². The number of sulfonamides is 1. The maximum atomic E-state index is 13.3. The van der Waals surface area contributed by atoms with E-state index in [1.807, 2.05) is 32.3 Å². The maximum Gasteiger partial charge on any atom is 0.244 e. The second kappa shape index (κ2) is 9.48. The lowest BCUT2D eigenvalue weighted by Gasteiger charge is -2.36. The number of ether oxygens (including phenoxy) is 1. The number of rotatable bonds is 8. The van der Waals surface area contributed by atoms with Crippen molar-refractivity contribution in [3.8, 4) is 5.75 Å². The van der Waals surface area contributed by atoms with E-state index in [1.165, 1.54) is 18.2 Å². The van der Waals surface area contributed by atoms with Gasteiger partial charge in [-0.3, -0.25) is 4.90 Å². The molecule has 3 aromatic rings. The Kier molecular flexibility index (Phi) is 6.69. The number of aromatic nitrogens is 1. The Hall–Kier alpha value is -2.61. The highest BCUT2D eigenvalue weighted by molar-refractivity contribution is 7.89. The third kappa shape index (κ3) is 4.60. The van der Waals surface area contributed by atoms with E-state index in [2.05, 4.69) is 44.5 Å². The number of hydrogen-bond donors (Lipinski definition) is 1. The first kappa shape index (κ1) is 22.6. The minimum atomic E-state index is -3.74. The second-order valence-corrected chi connectivity index (χ2v) is 9.97. The monoisotopic (exact) mass is 453 g/mol. The molecular weight excluding hydrogens is 422 g/mol. The summed E-state index contributed by atoms with van der Waals surface area (Å²) in [6.07, 6.45) is 3.71. The molecular formula is C25H31N3O3S. The molecule has 1 unspecified atom stereocenters. The molecule has 7 heteroatoms. The smallest absolute Gasteiger partial charge is 0.244 e. The summed E-state index contributed by atoms with van der Waals surface area (Å²) in [6.45, 7) is 3.96. The van der Waals surface area contributed by atoms with Gasteiger partial charge in [0.15, 0.2) is 0 Å². The Labute approximate surface area is 190 Å². The molecule has 2 aromatic carbocycles. The second-order valence-electron chi connectivity index (χ2n) is 8.24. The topological polar surface area (TPSA) is 63.6 Å². The van der Waals surface area contributed by atoms with E-state index in [1.54, 1.807) is 12.1 Å². The molecule has 0 aliphatic carbocycles. The van der Waals surface area contributed by atoms with E-state index in [-0.39, 0.29) is 17.5 Å². The van der Waals surface area contributed by atoms with Gasteiger partial charge in [-0.1, -0.05) is 37.3 Å². The van der Waals surface area contributed by atoms with Crippen LogP contribution in [0.5, 0.6) is 5.75 Å². The number of hydrogen-bond acceptors (Lipinski definition) is 4. The average molecular weight is 454 g/mol. The van der Waals surface area contributed by atoms with Gasteiger partial charge in [0.05, 0.1) is 13.2 Å². The van der Waals surface area contributed by atoms with Crippen LogP contribution >= 0.6 is 0 Å². The van der Waals surface area contributed by atoms with Gasteiger partial charge in [0.1, 0.15) is 10.6 Å². The molecule has 4 rings (SSSR count). The van der Waals surface area contributed by atoms with Crippen molar-refractivity contribution in [1.82, 2.24) is 14.2 Å². The van der Waals surface area contributed by atoms with Crippen LogP contribution in [0.3, 0.4) is 0 Å². The fraction of sp³-hybridized carbons (Fsp3) is 0.360. The van der Waals surface area contributed by atoms with Gasteiger partial charge in [-0.05, 0) is 53.8 Å². The predicted octanol–water partition coefficient (Wildman–Crippen LogP) is 3.67. The summed E-state index contributed by atoms with van der Waals surface area (Å²) in [4.78, 5) is 2.55. The van der Waals surface area contributed by atoms with Crippen LogP contribution in [0.4, 0.5) is 0 Å². The zero-order valence-corrected chi connectivity index (χ0v) is 19.7. The molecule has 0 bridgehead atoms. The van der Waals surface area contributed by atoms with Gasteiger partial charge in [0.25, 0.3) is 0 Å². The van der Waals surface area contributed by atoms with E-state index in [9.17, 15) is 8.42 Å². The lowest BCUT2D eigenvalue weighted by Crippen LogP contribution is -2.41. The number of benzene rings is 2. The van der Waals surface area contributed by atoms with Gasteiger partial charge in [-0.2, -0.15) is 0 Å². The first-order chi connectivity index (χ1) is 15.4. The van der Waals surface area contributed by atoms with Crippen molar-refractivity contribution in [2.45, 2.75) is 37.2 Å². The molecule has 2 heterocycles. The van der Waals surface area contributed by atoms with Crippen LogP contribution in [0.15, 0.2) is 65.7 Å². The van der Waals surface area contributed by atoms with E-state index < -0.39 is 10.0 Å². The molecule has 1 atom stereocenters. The molecule has 1 aromatic heterocycles. The van der Waals surface area contributed by atoms with E-state index in [0.717, 1.165) is 37.2 Å². The fourth-order valence-electron chi connectivity index (χ4n) is 4.44. The van der Waals surface area contributed by atoms with Gasteiger partial charge in [-0.25, -0.2) is 13.1 Å². The first-order valence-electron chi connectivity index (χ1n) is 11.0. The lowest BCUT2D eigenvalue weighted by atomic mass is 9.98. The van der Waals surface area contributed by atoms with Crippen LogP contribution in [0.25, 0.3) is 0 Å². The van der Waals surface area contributed by atoms with Crippen LogP contribution in [0, 0.1) is 0 Å². The van der Waals surface area contributed by atoms with Crippen molar-refractivity contribution in [1.29, 1.82) is 0 Å². The third-order valence-electron chi connectivity index (χ3n) is 6.32. The molecule has 1 N–H and O–H groups in total. The summed E-state index contributed by atoms with van der Waals surface area (Å²) in [6, 6.07) is 17.8. The molecule has 0 saturated heterocycles. The predicted molar refractivity (Wildman–Crippen MR) is 126 cm³/mol. The minimum absolute atomic E-state index is 0.0847. The Morgan fingerprint density at radius 2 is 1.88 bits per heavy atom. The summed E-state index contributed by atoms with van der Waals surface area (Å²) in [5.74, 6) is 0.358. The van der Waals surface area contributed by atoms with Crippen molar-refractivity contribution in [2.24, 2.45) is 7.05 Å². The largest absolute Gasteiger partial charge is 0.495 e. The summed E-state index contributed by atoms with van der Waals surface area (Å²) >= 11 is 0. The average Bonchev–Trinajstić information content (AvgIpc) is 3.24. The highest BCUT2D eigenvalue weighted by atomic mass is 32.2. The number of methoxy groups -OCH3 is 1. The van der Waals surface area contributed by atoms with E-state index in [4.69, 9.17) is 4.74 Å². The summed E-state index contributed by atoms with van der Waals surface area (Å²) < 4.78 is 36.9. The summed E-state index contributed by atoms with van der Waals surface area (Å²) in [5, 5.41) is 0. The Balaban J connectivity index is 1.61. The van der Waals surface area contributed by atoms with E-state index >= 15 is 0 Å².